The maximum absolute atomic E-state index is 6.82. The lowest BCUT2D eigenvalue weighted by atomic mass is 9.88. The van der Waals surface area contributed by atoms with Crippen molar-refractivity contribution in [3.8, 4) is 28.4 Å². The van der Waals surface area contributed by atoms with Crippen molar-refractivity contribution in [3.63, 3.8) is 0 Å². The average Bonchev–Trinajstić information content (AvgIpc) is 3.61. The lowest BCUT2D eigenvalue weighted by molar-refractivity contribution is 0.481. The first kappa shape index (κ1) is 31.6. The van der Waals surface area contributed by atoms with Crippen molar-refractivity contribution in [3.05, 3.63) is 125 Å². The van der Waals surface area contributed by atoms with E-state index < -0.39 is 0 Å². The molecule has 0 spiro atoms. The number of fused-ring (bicyclic) bond motifs is 3. The molecule has 5 heteroatoms. The molecule has 1 aliphatic heterocycles. The molecule has 0 saturated carbocycles. The molecule has 2 aromatic heterocycles. The second-order valence-corrected chi connectivity index (χ2v) is 14.8. The molecule has 7 rings (SSSR count). The van der Waals surface area contributed by atoms with Crippen molar-refractivity contribution < 1.29 is 4.74 Å². The molecule has 48 heavy (non-hydrogen) atoms. The number of hydrogen-bond acceptors (Lipinski definition) is 4. The summed E-state index contributed by atoms with van der Waals surface area (Å²) in [6.07, 6.45) is 6.18. The van der Waals surface area contributed by atoms with Crippen molar-refractivity contribution in [1.82, 2.24) is 14.5 Å². The van der Waals surface area contributed by atoms with Gasteiger partial charge in [-0.1, -0.05) is 70.5 Å². The molecule has 1 aliphatic rings. The number of para-hydroxylation sites is 1. The van der Waals surface area contributed by atoms with Crippen molar-refractivity contribution in [1.29, 1.82) is 0 Å². The Morgan fingerprint density at radius 2 is 1.56 bits per heavy atom. The standard InChI is InChI=1S/C43H46N4O/c1-27(2)36-11-10-12-38-37-14-13-34(25-39(37)47(42(36)38)40-23-32(15-16-44-40)43(6,7)8)48-35-22-31(41-29(4)19-28(3)20-30(41)5)21-33(24-35)46-18-17-45(9)26-46/h10-25,27H,26H2,1-9H3. The van der Waals surface area contributed by atoms with Gasteiger partial charge in [-0.3, -0.25) is 4.57 Å². The van der Waals surface area contributed by atoms with Crippen LogP contribution >= 0.6 is 0 Å². The van der Waals surface area contributed by atoms with Crippen LogP contribution in [0.5, 0.6) is 11.5 Å². The topological polar surface area (TPSA) is 33.5 Å². The summed E-state index contributed by atoms with van der Waals surface area (Å²) in [5.74, 6) is 2.88. The fraction of sp³-hybridized carbons (Fsp3) is 0.279. The van der Waals surface area contributed by atoms with E-state index in [0.717, 1.165) is 40.8 Å². The van der Waals surface area contributed by atoms with Crippen LogP contribution in [0.1, 0.15) is 68.4 Å². The molecule has 244 valence electrons. The Morgan fingerprint density at radius 1 is 0.792 bits per heavy atom. The van der Waals surface area contributed by atoms with Crippen molar-refractivity contribution in [2.45, 2.75) is 66.7 Å². The number of pyridine rings is 1. The smallest absolute Gasteiger partial charge is 0.137 e. The minimum Gasteiger partial charge on any atom is -0.457 e. The van der Waals surface area contributed by atoms with E-state index in [0.29, 0.717) is 5.92 Å². The number of hydrogen-bond donors (Lipinski definition) is 0. The molecular formula is C43H46N4O. The van der Waals surface area contributed by atoms with Crippen LogP contribution in [0, 0.1) is 20.8 Å². The van der Waals surface area contributed by atoms with Gasteiger partial charge in [0.05, 0.1) is 17.7 Å². The van der Waals surface area contributed by atoms with Crippen molar-refractivity contribution >= 4 is 27.5 Å². The zero-order chi connectivity index (χ0) is 33.9. The molecule has 4 aromatic carbocycles. The molecule has 0 atom stereocenters. The van der Waals surface area contributed by atoms with E-state index in [9.17, 15) is 0 Å². The third-order valence-electron chi connectivity index (χ3n) is 9.55. The fourth-order valence-electron chi connectivity index (χ4n) is 7.27. The van der Waals surface area contributed by atoms with Crippen LogP contribution < -0.4 is 9.64 Å². The number of ether oxygens (including phenoxy) is 1. The number of nitrogens with zero attached hydrogens (tertiary/aromatic N) is 4. The Morgan fingerprint density at radius 3 is 2.25 bits per heavy atom. The monoisotopic (exact) mass is 634 g/mol. The van der Waals surface area contributed by atoms with E-state index in [4.69, 9.17) is 9.72 Å². The largest absolute Gasteiger partial charge is 0.457 e. The summed E-state index contributed by atoms with van der Waals surface area (Å²) in [6, 6.07) is 28.7. The van der Waals surface area contributed by atoms with Crippen LogP contribution in [-0.4, -0.2) is 28.2 Å². The fourth-order valence-corrected chi connectivity index (χ4v) is 7.27. The van der Waals surface area contributed by atoms with Gasteiger partial charge >= 0.3 is 0 Å². The molecule has 0 radical (unpaired) electrons. The summed E-state index contributed by atoms with van der Waals surface area (Å²) < 4.78 is 9.16. The summed E-state index contributed by atoms with van der Waals surface area (Å²) in [6.45, 7) is 18.6. The van der Waals surface area contributed by atoms with Crippen molar-refractivity contribution in [2.75, 3.05) is 18.6 Å². The van der Waals surface area contributed by atoms with E-state index in [1.807, 2.05) is 6.20 Å². The molecule has 0 saturated heterocycles. The van der Waals surface area contributed by atoms with Crippen LogP contribution in [0.4, 0.5) is 5.69 Å². The number of benzene rings is 4. The lowest BCUT2D eigenvalue weighted by Crippen LogP contribution is -2.21. The predicted molar refractivity (Wildman–Crippen MR) is 202 cm³/mol. The van der Waals surface area contributed by atoms with Crippen LogP contribution in [0.15, 0.2) is 97.5 Å². The Labute approximate surface area is 285 Å². The molecule has 0 unspecified atom stereocenters. The van der Waals surface area contributed by atoms with E-state index in [-0.39, 0.29) is 5.41 Å². The molecule has 0 fully saturated rings. The normalized spacial score (nSPS) is 13.5. The summed E-state index contributed by atoms with van der Waals surface area (Å²) in [7, 11) is 2.09. The number of rotatable bonds is 6. The second-order valence-electron chi connectivity index (χ2n) is 14.8. The second kappa shape index (κ2) is 11.9. The molecule has 0 N–H and O–H groups in total. The van der Waals surface area contributed by atoms with Gasteiger partial charge in [-0.15, -0.1) is 0 Å². The van der Waals surface area contributed by atoms with Gasteiger partial charge in [0.25, 0.3) is 0 Å². The van der Waals surface area contributed by atoms with Crippen LogP contribution in [0.25, 0.3) is 38.8 Å². The predicted octanol–water partition coefficient (Wildman–Crippen LogP) is 11.2. The van der Waals surface area contributed by atoms with E-state index in [2.05, 4.69) is 168 Å². The summed E-state index contributed by atoms with van der Waals surface area (Å²) in [5.41, 5.74) is 12.2. The number of anilines is 1. The van der Waals surface area contributed by atoms with Crippen LogP contribution in [0.2, 0.25) is 0 Å². The van der Waals surface area contributed by atoms with Gasteiger partial charge < -0.3 is 14.5 Å². The van der Waals surface area contributed by atoms with Crippen LogP contribution in [-0.2, 0) is 5.41 Å². The first-order valence-corrected chi connectivity index (χ1v) is 17.0. The van der Waals surface area contributed by atoms with Gasteiger partial charge in [0.1, 0.15) is 17.3 Å². The third-order valence-corrected chi connectivity index (χ3v) is 9.55. The Bertz CT molecular complexity index is 2190. The van der Waals surface area contributed by atoms with Gasteiger partial charge in [-0.2, -0.15) is 0 Å². The Hall–Kier alpha value is -5.03. The van der Waals surface area contributed by atoms with Gasteiger partial charge in [0.15, 0.2) is 0 Å². The zero-order valence-corrected chi connectivity index (χ0v) is 29.7. The van der Waals surface area contributed by atoms with E-state index in [1.165, 1.54) is 49.7 Å². The summed E-state index contributed by atoms with van der Waals surface area (Å²) >= 11 is 0. The molecule has 3 heterocycles. The van der Waals surface area contributed by atoms with Gasteiger partial charge in [-0.25, -0.2) is 4.98 Å². The van der Waals surface area contributed by atoms with Gasteiger partial charge in [0.2, 0.25) is 0 Å². The maximum atomic E-state index is 6.82. The zero-order valence-electron chi connectivity index (χ0n) is 29.7. The quantitative estimate of drug-likeness (QED) is 0.183. The number of aryl methyl sites for hydroxylation is 3. The summed E-state index contributed by atoms with van der Waals surface area (Å²) in [5, 5.41) is 2.42. The average molecular weight is 635 g/mol. The SMILES string of the molecule is Cc1cc(C)c(-c2cc(Oc3ccc4c5cccc(C(C)C)c5n(-c5cc(C(C)(C)C)ccn5)c4c3)cc(N3C=CN(C)C3)c2)c(C)c1. The van der Waals surface area contributed by atoms with Crippen LogP contribution in [0.3, 0.4) is 0 Å². The highest BCUT2D eigenvalue weighted by atomic mass is 16.5. The summed E-state index contributed by atoms with van der Waals surface area (Å²) in [4.78, 5) is 9.38. The molecule has 0 aliphatic carbocycles. The molecule has 0 amide bonds. The molecular weight excluding hydrogens is 589 g/mol. The maximum Gasteiger partial charge on any atom is 0.137 e. The minimum atomic E-state index is 0.00180. The Kier molecular flexibility index (Phi) is 7.82. The van der Waals surface area contributed by atoms with E-state index in [1.54, 1.807) is 0 Å². The molecule has 5 nitrogen and oxygen atoms in total. The Balaban J connectivity index is 1.41. The highest BCUT2D eigenvalue weighted by molar-refractivity contribution is 6.10. The first-order valence-electron chi connectivity index (χ1n) is 17.0. The van der Waals surface area contributed by atoms with Gasteiger partial charge in [0, 0.05) is 54.2 Å². The number of aromatic nitrogens is 2. The first-order chi connectivity index (χ1) is 22.9. The molecule has 0 bridgehead atoms. The van der Waals surface area contributed by atoms with Crippen molar-refractivity contribution in [2.24, 2.45) is 0 Å². The van der Waals surface area contributed by atoms with E-state index >= 15 is 0 Å². The lowest BCUT2D eigenvalue weighted by Gasteiger charge is -2.21. The highest BCUT2D eigenvalue weighted by Crippen LogP contribution is 2.41. The third kappa shape index (κ3) is 5.72. The molecule has 6 aromatic rings. The minimum absolute atomic E-state index is 0.00180. The van der Waals surface area contributed by atoms with Gasteiger partial charge in [-0.05, 0) is 102 Å². The highest BCUT2D eigenvalue weighted by Gasteiger charge is 2.21.